The van der Waals surface area contributed by atoms with Gasteiger partial charge in [-0.2, -0.15) is 0 Å². The second-order valence-corrected chi connectivity index (χ2v) is 5.03. The molecular formula is C10H18NO4. The Balaban J connectivity index is 2.80. The summed E-state index contributed by atoms with van der Waals surface area (Å²) in [6.07, 6.45) is -0.657. The van der Waals surface area contributed by atoms with Crippen LogP contribution in [0.3, 0.4) is 0 Å². The van der Waals surface area contributed by atoms with Gasteiger partial charge in [-0.3, -0.25) is 0 Å². The van der Waals surface area contributed by atoms with Crippen molar-refractivity contribution >= 4 is 6.16 Å². The van der Waals surface area contributed by atoms with Crippen molar-refractivity contribution in [3.05, 3.63) is 0 Å². The summed E-state index contributed by atoms with van der Waals surface area (Å²) < 4.78 is 9.51. The van der Waals surface area contributed by atoms with Gasteiger partial charge in [0.05, 0.1) is 12.6 Å². The molecule has 1 unspecified atom stereocenters. The molecule has 0 aromatic rings. The summed E-state index contributed by atoms with van der Waals surface area (Å²) in [6, 6.07) is 0. The number of methoxy groups -OCH3 is 1. The number of hydroxylamine groups is 2. The van der Waals surface area contributed by atoms with Gasteiger partial charge in [0.1, 0.15) is 6.10 Å². The zero-order chi connectivity index (χ0) is 11.9. The Labute approximate surface area is 89.9 Å². The highest BCUT2D eigenvalue weighted by Gasteiger charge is 2.54. The first-order chi connectivity index (χ1) is 6.71. The van der Waals surface area contributed by atoms with E-state index in [1.807, 2.05) is 13.8 Å². The van der Waals surface area contributed by atoms with Gasteiger partial charge >= 0.3 is 6.16 Å². The molecular weight excluding hydrogens is 198 g/mol. The van der Waals surface area contributed by atoms with Crippen molar-refractivity contribution in [1.82, 2.24) is 5.06 Å². The van der Waals surface area contributed by atoms with E-state index >= 15 is 0 Å². The summed E-state index contributed by atoms with van der Waals surface area (Å²) in [5.74, 6) is 0. The average Bonchev–Trinajstić information content (AvgIpc) is 2.27. The van der Waals surface area contributed by atoms with Gasteiger partial charge in [0, 0.05) is 12.0 Å². The van der Waals surface area contributed by atoms with Crippen LogP contribution in [0.1, 0.15) is 34.1 Å². The highest BCUT2D eigenvalue weighted by Crippen LogP contribution is 2.41. The summed E-state index contributed by atoms with van der Waals surface area (Å²) in [5, 5.41) is 12.9. The minimum absolute atomic E-state index is 0.433. The van der Waals surface area contributed by atoms with Gasteiger partial charge in [-0.25, -0.2) is 4.79 Å². The molecule has 1 heterocycles. The zero-order valence-corrected chi connectivity index (χ0v) is 9.86. The topological polar surface area (TPSA) is 58.7 Å². The molecule has 1 rings (SSSR count). The molecule has 0 aromatic heterocycles. The van der Waals surface area contributed by atoms with Gasteiger partial charge in [0.15, 0.2) is 0 Å². The van der Waals surface area contributed by atoms with E-state index in [9.17, 15) is 10.0 Å². The molecule has 1 saturated heterocycles. The molecule has 5 heteroatoms. The van der Waals surface area contributed by atoms with E-state index in [4.69, 9.17) is 4.74 Å². The van der Waals surface area contributed by atoms with Gasteiger partial charge in [0.2, 0.25) is 0 Å². The van der Waals surface area contributed by atoms with Gasteiger partial charge in [0.25, 0.3) is 0 Å². The molecule has 1 aliphatic rings. The quantitative estimate of drug-likeness (QED) is 0.626. The molecule has 1 radical (unpaired) electrons. The fourth-order valence-electron chi connectivity index (χ4n) is 2.05. The molecule has 5 nitrogen and oxygen atoms in total. The Bertz CT molecular complexity index is 262. The molecule has 0 N–H and O–H groups in total. The number of hydrogen-bond donors (Lipinski definition) is 0. The largest absolute Gasteiger partial charge is 0.508 e. The predicted molar refractivity (Wildman–Crippen MR) is 52.6 cm³/mol. The Kier molecular flexibility index (Phi) is 2.98. The standard InChI is InChI=1S/C10H18NO4/c1-9(2)6-7(15-8(12)14-5)10(3,4)11(9)13/h7H,6H2,1-5H3. The lowest BCUT2D eigenvalue weighted by Gasteiger charge is -2.32. The minimum Gasteiger partial charge on any atom is -0.438 e. The number of nitrogens with zero attached hydrogens (tertiary/aromatic N) is 1. The maximum atomic E-state index is 11.9. The summed E-state index contributed by atoms with van der Waals surface area (Å²) in [4.78, 5) is 11.0. The number of carbonyl (C=O) groups excluding carboxylic acids is 1. The van der Waals surface area contributed by atoms with Crippen molar-refractivity contribution in [3.63, 3.8) is 0 Å². The lowest BCUT2D eigenvalue weighted by Crippen LogP contribution is -2.48. The lowest BCUT2D eigenvalue weighted by molar-refractivity contribution is -0.251. The molecule has 0 bridgehead atoms. The van der Waals surface area contributed by atoms with Crippen LogP contribution in [0.4, 0.5) is 4.79 Å². The van der Waals surface area contributed by atoms with Gasteiger partial charge in [-0.15, -0.1) is 10.3 Å². The summed E-state index contributed by atoms with van der Waals surface area (Å²) in [5.41, 5.74) is -1.22. The van der Waals surface area contributed by atoms with Crippen LogP contribution in [0.2, 0.25) is 0 Å². The van der Waals surface area contributed by atoms with Crippen molar-refractivity contribution in [2.24, 2.45) is 0 Å². The lowest BCUT2D eigenvalue weighted by atomic mass is 9.97. The number of carbonyl (C=O) groups is 1. The molecule has 87 valence electrons. The van der Waals surface area contributed by atoms with E-state index in [-0.39, 0.29) is 0 Å². The highest BCUT2D eigenvalue weighted by atomic mass is 16.7. The second-order valence-electron chi connectivity index (χ2n) is 5.03. The summed E-state index contributed by atoms with van der Waals surface area (Å²) in [7, 11) is 1.25. The molecule has 1 fully saturated rings. The Hall–Kier alpha value is -0.810. The van der Waals surface area contributed by atoms with E-state index in [0.717, 1.165) is 5.06 Å². The van der Waals surface area contributed by atoms with E-state index < -0.39 is 23.3 Å². The van der Waals surface area contributed by atoms with E-state index in [2.05, 4.69) is 4.74 Å². The molecule has 1 atom stereocenters. The summed E-state index contributed by atoms with van der Waals surface area (Å²) in [6.45, 7) is 7.20. The van der Waals surface area contributed by atoms with Crippen molar-refractivity contribution in [3.8, 4) is 0 Å². The molecule has 0 saturated carbocycles. The van der Waals surface area contributed by atoms with Gasteiger partial charge < -0.3 is 9.47 Å². The second kappa shape index (κ2) is 3.64. The number of rotatable bonds is 1. The number of ether oxygens (including phenoxy) is 2. The molecule has 0 aliphatic carbocycles. The van der Waals surface area contributed by atoms with Crippen LogP contribution in [-0.4, -0.2) is 35.5 Å². The van der Waals surface area contributed by atoms with Crippen LogP contribution in [0.15, 0.2) is 0 Å². The smallest absolute Gasteiger partial charge is 0.438 e. The Morgan fingerprint density at radius 2 is 1.87 bits per heavy atom. The van der Waals surface area contributed by atoms with Crippen LogP contribution in [-0.2, 0) is 14.7 Å². The van der Waals surface area contributed by atoms with Crippen molar-refractivity contribution in [1.29, 1.82) is 0 Å². The van der Waals surface area contributed by atoms with E-state index in [0.29, 0.717) is 6.42 Å². The zero-order valence-electron chi connectivity index (χ0n) is 9.86. The first-order valence-corrected chi connectivity index (χ1v) is 4.94. The first kappa shape index (κ1) is 12.3. The van der Waals surface area contributed by atoms with Crippen molar-refractivity contribution in [2.75, 3.05) is 7.11 Å². The predicted octanol–water partition coefficient (Wildman–Crippen LogP) is 1.75. The Morgan fingerprint density at radius 1 is 1.33 bits per heavy atom. The van der Waals surface area contributed by atoms with Gasteiger partial charge in [-0.05, 0) is 27.7 Å². The molecule has 0 spiro atoms. The first-order valence-electron chi connectivity index (χ1n) is 4.94. The van der Waals surface area contributed by atoms with Crippen LogP contribution < -0.4 is 0 Å². The normalized spacial score (nSPS) is 28.8. The maximum Gasteiger partial charge on any atom is 0.508 e. The van der Waals surface area contributed by atoms with Crippen molar-refractivity contribution in [2.45, 2.75) is 51.3 Å². The maximum absolute atomic E-state index is 11.9. The number of hydrogen-bond acceptors (Lipinski definition) is 4. The van der Waals surface area contributed by atoms with Crippen LogP contribution >= 0.6 is 0 Å². The molecule has 0 amide bonds. The van der Waals surface area contributed by atoms with Gasteiger partial charge in [-0.1, -0.05) is 0 Å². The van der Waals surface area contributed by atoms with Crippen LogP contribution in [0.5, 0.6) is 0 Å². The Morgan fingerprint density at radius 3 is 2.20 bits per heavy atom. The third kappa shape index (κ3) is 2.08. The monoisotopic (exact) mass is 216 g/mol. The molecule has 0 aromatic carbocycles. The summed E-state index contributed by atoms with van der Waals surface area (Å²) >= 11 is 0. The third-order valence-corrected chi connectivity index (χ3v) is 2.95. The van der Waals surface area contributed by atoms with E-state index in [1.165, 1.54) is 7.11 Å². The van der Waals surface area contributed by atoms with Crippen molar-refractivity contribution < 1.29 is 19.5 Å². The van der Waals surface area contributed by atoms with Crippen LogP contribution in [0, 0.1) is 0 Å². The minimum atomic E-state index is -0.737. The SMILES string of the molecule is COC(=O)OC1CC(C)(C)N([O])C1(C)C. The highest BCUT2D eigenvalue weighted by molar-refractivity contribution is 5.60. The van der Waals surface area contributed by atoms with Crippen LogP contribution in [0.25, 0.3) is 0 Å². The molecule has 1 aliphatic heterocycles. The van der Waals surface area contributed by atoms with E-state index in [1.54, 1.807) is 13.8 Å². The fraction of sp³-hybridized carbons (Fsp3) is 0.900. The fourth-order valence-corrected chi connectivity index (χ4v) is 2.05. The molecule has 15 heavy (non-hydrogen) atoms. The third-order valence-electron chi connectivity index (χ3n) is 2.95. The average molecular weight is 216 g/mol.